The minimum atomic E-state index is 0.461. The molecule has 0 aliphatic heterocycles. The van der Waals surface area contributed by atoms with Gasteiger partial charge in [-0.25, -0.2) is 9.97 Å². The number of benzene rings is 2. The molecule has 0 atom stereocenters. The lowest BCUT2D eigenvalue weighted by Crippen LogP contribution is -2.00. The fourth-order valence-corrected chi connectivity index (χ4v) is 3.04. The summed E-state index contributed by atoms with van der Waals surface area (Å²) in [6.45, 7) is 0. The number of hydrogen-bond donors (Lipinski definition) is 1. The van der Waals surface area contributed by atoms with E-state index in [0.29, 0.717) is 33.5 Å². The first-order chi connectivity index (χ1) is 13.7. The number of hydrogen-bond acceptors (Lipinski definition) is 6. The second-order valence-corrected chi connectivity index (χ2v) is 6.37. The van der Waals surface area contributed by atoms with Crippen molar-refractivity contribution in [1.82, 2.24) is 15.0 Å². The minimum Gasteiger partial charge on any atom is -0.495 e. The van der Waals surface area contributed by atoms with Gasteiger partial charge in [-0.2, -0.15) is 5.26 Å². The van der Waals surface area contributed by atoms with Crippen molar-refractivity contribution in [2.45, 2.75) is 0 Å². The summed E-state index contributed by atoms with van der Waals surface area (Å²) in [5.41, 5.74) is 2.74. The van der Waals surface area contributed by atoms with Gasteiger partial charge in [-0.1, -0.05) is 17.7 Å². The third-order valence-corrected chi connectivity index (χ3v) is 4.44. The Hall–Kier alpha value is -3.69. The van der Waals surface area contributed by atoms with E-state index in [1.807, 2.05) is 24.3 Å². The molecule has 28 heavy (non-hydrogen) atoms. The summed E-state index contributed by atoms with van der Waals surface area (Å²) in [4.78, 5) is 13.5. The molecule has 1 N–H and O–H groups in total. The first kappa shape index (κ1) is 17.7. The number of rotatable bonds is 4. The van der Waals surface area contributed by atoms with E-state index in [9.17, 15) is 0 Å². The molecular weight excluding hydrogens is 374 g/mol. The van der Waals surface area contributed by atoms with Gasteiger partial charge in [0, 0.05) is 29.0 Å². The van der Waals surface area contributed by atoms with Crippen LogP contribution < -0.4 is 10.1 Å². The smallest absolute Gasteiger partial charge is 0.163 e. The second-order valence-electron chi connectivity index (χ2n) is 5.96. The maximum absolute atomic E-state index is 9.15. The van der Waals surface area contributed by atoms with Crippen molar-refractivity contribution in [3.63, 3.8) is 0 Å². The summed E-state index contributed by atoms with van der Waals surface area (Å²) in [6.07, 6.45) is 3.39. The second kappa shape index (κ2) is 7.51. The molecule has 0 amide bonds. The van der Waals surface area contributed by atoms with E-state index in [2.05, 4.69) is 26.3 Å². The van der Waals surface area contributed by atoms with Crippen molar-refractivity contribution in [3.8, 4) is 23.2 Å². The van der Waals surface area contributed by atoms with E-state index in [4.69, 9.17) is 21.6 Å². The van der Waals surface area contributed by atoms with Crippen LogP contribution in [0.3, 0.4) is 0 Å². The van der Waals surface area contributed by atoms with Crippen molar-refractivity contribution in [2.75, 3.05) is 12.4 Å². The first-order valence-electron chi connectivity index (χ1n) is 8.41. The number of fused-ring (bicyclic) bond motifs is 1. The Labute approximate surface area is 166 Å². The van der Waals surface area contributed by atoms with Gasteiger partial charge in [0.1, 0.15) is 11.6 Å². The van der Waals surface area contributed by atoms with Gasteiger partial charge in [0.05, 0.1) is 29.3 Å². The molecule has 136 valence electrons. The van der Waals surface area contributed by atoms with E-state index < -0.39 is 0 Å². The largest absolute Gasteiger partial charge is 0.495 e. The van der Waals surface area contributed by atoms with Gasteiger partial charge >= 0.3 is 0 Å². The van der Waals surface area contributed by atoms with Gasteiger partial charge in [0.2, 0.25) is 0 Å². The zero-order valence-electron chi connectivity index (χ0n) is 14.8. The Morgan fingerprint density at radius 3 is 2.75 bits per heavy atom. The van der Waals surface area contributed by atoms with Gasteiger partial charge in [-0.15, -0.1) is 0 Å². The molecular formula is C21H14ClN5O. The van der Waals surface area contributed by atoms with Crippen molar-refractivity contribution in [3.05, 3.63) is 71.5 Å². The van der Waals surface area contributed by atoms with Crippen LogP contribution >= 0.6 is 11.6 Å². The Morgan fingerprint density at radius 1 is 1.11 bits per heavy atom. The van der Waals surface area contributed by atoms with E-state index in [0.717, 1.165) is 16.6 Å². The maximum Gasteiger partial charge on any atom is 0.163 e. The molecule has 0 radical (unpaired) electrons. The molecule has 0 spiro atoms. The molecule has 0 saturated heterocycles. The van der Waals surface area contributed by atoms with E-state index in [-0.39, 0.29) is 0 Å². The highest BCUT2D eigenvalue weighted by atomic mass is 35.5. The summed E-state index contributed by atoms with van der Waals surface area (Å²) in [5.74, 6) is 1.62. The van der Waals surface area contributed by atoms with Crippen LogP contribution in [0.2, 0.25) is 5.02 Å². The number of anilines is 2. The molecule has 0 aliphatic rings. The van der Waals surface area contributed by atoms with Crippen LogP contribution in [0.15, 0.2) is 60.9 Å². The third-order valence-electron chi connectivity index (χ3n) is 4.14. The van der Waals surface area contributed by atoms with Gasteiger partial charge in [-0.05, 0) is 42.5 Å². The zero-order valence-corrected chi connectivity index (χ0v) is 15.6. The number of nitriles is 1. The van der Waals surface area contributed by atoms with Gasteiger partial charge in [0.25, 0.3) is 0 Å². The number of methoxy groups -OCH3 is 1. The van der Waals surface area contributed by atoms with Crippen LogP contribution in [0.4, 0.5) is 11.5 Å². The first-order valence-corrected chi connectivity index (χ1v) is 8.78. The minimum absolute atomic E-state index is 0.461. The normalized spacial score (nSPS) is 10.5. The Kier molecular flexibility index (Phi) is 4.75. The highest BCUT2D eigenvalue weighted by Crippen LogP contribution is 2.34. The fourth-order valence-electron chi connectivity index (χ4n) is 2.81. The predicted molar refractivity (Wildman–Crippen MR) is 109 cm³/mol. The lowest BCUT2D eigenvalue weighted by atomic mass is 10.1. The van der Waals surface area contributed by atoms with Crippen LogP contribution in [0.25, 0.3) is 22.3 Å². The van der Waals surface area contributed by atoms with Crippen LogP contribution in [0.5, 0.6) is 5.75 Å². The number of aromatic nitrogens is 3. The molecule has 0 fully saturated rings. The molecule has 7 heteroatoms. The van der Waals surface area contributed by atoms with E-state index >= 15 is 0 Å². The van der Waals surface area contributed by atoms with Crippen molar-refractivity contribution < 1.29 is 4.74 Å². The summed E-state index contributed by atoms with van der Waals surface area (Å²) in [7, 11) is 1.56. The zero-order chi connectivity index (χ0) is 19.5. The lowest BCUT2D eigenvalue weighted by Gasteiger charge is -2.13. The molecule has 0 saturated carbocycles. The summed E-state index contributed by atoms with van der Waals surface area (Å²) in [6, 6.07) is 16.6. The van der Waals surface area contributed by atoms with Crippen molar-refractivity contribution in [2.24, 2.45) is 0 Å². The predicted octanol–water partition coefficient (Wildman–Crippen LogP) is 4.97. The van der Waals surface area contributed by atoms with Gasteiger partial charge in [0.15, 0.2) is 5.82 Å². The lowest BCUT2D eigenvalue weighted by molar-refractivity contribution is 0.415. The number of halogens is 1. The number of nitrogens with zero attached hydrogens (tertiary/aromatic N) is 4. The molecule has 4 rings (SSSR count). The SMILES string of the molecule is COc1cc2c(Nc3cccc(C#N)c3)nc(-c3cccnc3)nc2cc1Cl. The molecule has 0 unspecified atom stereocenters. The molecule has 2 aromatic carbocycles. The quantitative estimate of drug-likeness (QED) is 0.532. The highest BCUT2D eigenvalue weighted by molar-refractivity contribution is 6.33. The molecule has 0 aliphatic carbocycles. The van der Waals surface area contributed by atoms with Crippen molar-refractivity contribution in [1.29, 1.82) is 5.26 Å². The van der Waals surface area contributed by atoms with Crippen molar-refractivity contribution >= 4 is 34.0 Å². The molecule has 0 bridgehead atoms. The highest BCUT2D eigenvalue weighted by Gasteiger charge is 2.13. The Balaban J connectivity index is 1.91. The average molecular weight is 388 g/mol. The van der Waals surface area contributed by atoms with Crippen LogP contribution in [-0.4, -0.2) is 22.1 Å². The third kappa shape index (κ3) is 3.43. The van der Waals surface area contributed by atoms with E-state index in [1.165, 1.54) is 0 Å². The summed E-state index contributed by atoms with van der Waals surface area (Å²) < 4.78 is 5.34. The molecule has 2 aromatic heterocycles. The number of ether oxygens (including phenoxy) is 1. The molecule has 2 heterocycles. The van der Waals surface area contributed by atoms with Crippen LogP contribution in [-0.2, 0) is 0 Å². The fraction of sp³-hybridized carbons (Fsp3) is 0.0476. The van der Waals surface area contributed by atoms with Crippen LogP contribution in [0.1, 0.15) is 5.56 Å². The monoisotopic (exact) mass is 387 g/mol. The van der Waals surface area contributed by atoms with Gasteiger partial charge < -0.3 is 10.1 Å². The topological polar surface area (TPSA) is 83.7 Å². The Morgan fingerprint density at radius 2 is 2.00 bits per heavy atom. The van der Waals surface area contributed by atoms with E-state index in [1.54, 1.807) is 43.8 Å². The molecule has 4 aromatic rings. The maximum atomic E-state index is 9.15. The summed E-state index contributed by atoms with van der Waals surface area (Å²) in [5, 5.41) is 13.6. The van der Waals surface area contributed by atoms with Gasteiger partial charge in [-0.3, -0.25) is 4.98 Å². The average Bonchev–Trinajstić information content (AvgIpc) is 2.74. The number of pyridine rings is 1. The molecule has 6 nitrogen and oxygen atoms in total. The van der Waals surface area contributed by atoms with Crippen LogP contribution in [0, 0.1) is 11.3 Å². The Bertz CT molecular complexity index is 1200. The standard InChI is InChI=1S/C21H14ClN5O/c1-28-19-9-16-18(10-17(19)22)26-20(14-5-3-7-24-12-14)27-21(16)25-15-6-2-4-13(8-15)11-23/h2-10,12H,1H3,(H,25,26,27). The summed E-state index contributed by atoms with van der Waals surface area (Å²) >= 11 is 6.30. The number of nitrogens with one attached hydrogen (secondary N) is 1.